The molecule has 0 nitrogen and oxygen atoms in total. The molecular weight excluding hydrogens is 187 g/mol. The van der Waals surface area contributed by atoms with Gasteiger partial charge >= 0.3 is 0 Å². The maximum Gasteiger partial charge on any atom is 0.127 e. The third-order valence-electron chi connectivity index (χ3n) is 2.87. The molecule has 0 saturated carbocycles. The molecule has 0 bridgehead atoms. The molecule has 0 aliphatic rings. The van der Waals surface area contributed by atoms with E-state index in [1.54, 1.807) is 6.07 Å². The zero-order chi connectivity index (χ0) is 11.0. The Morgan fingerprint density at radius 3 is 2.47 bits per heavy atom. The maximum atomic E-state index is 13.7. The van der Waals surface area contributed by atoms with E-state index in [1.807, 2.05) is 25.1 Å². The molecule has 0 unspecified atom stereocenters. The highest BCUT2D eigenvalue weighted by Crippen LogP contribution is 2.30. The van der Waals surface area contributed by atoms with Crippen LogP contribution in [0, 0.1) is 12.7 Å². The molecule has 0 aromatic heterocycles. The molecule has 0 spiro atoms. The zero-order valence-corrected chi connectivity index (χ0v) is 9.34. The van der Waals surface area contributed by atoms with E-state index in [4.69, 9.17) is 0 Å². The summed E-state index contributed by atoms with van der Waals surface area (Å²) in [4.78, 5) is 0. The molecule has 0 radical (unpaired) electrons. The Kier molecular flexibility index (Phi) is 2.47. The first-order chi connectivity index (χ1) is 7.11. The fourth-order valence-electron chi connectivity index (χ4n) is 2.19. The van der Waals surface area contributed by atoms with Crippen molar-refractivity contribution < 1.29 is 4.39 Å². The van der Waals surface area contributed by atoms with Crippen LogP contribution in [0.5, 0.6) is 0 Å². The molecule has 0 aliphatic heterocycles. The molecule has 0 saturated heterocycles. The molecule has 2 rings (SSSR count). The Hall–Kier alpha value is -1.37. The monoisotopic (exact) mass is 202 g/mol. The summed E-state index contributed by atoms with van der Waals surface area (Å²) < 4.78 is 13.7. The van der Waals surface area contributed by atoms with Crippen LogP contribution >= 0.6 is 0 Å². The Balaban J connectivity index is 2.89. The Morgan fingerprint density at radius 2 is 1.80 bits per heavy atom. The summed E-state index contributed by atoms with van der Waals surface area (Å²) in [6.07, 6.45) is 0. The minimum absolute atomic E-state index is 0.0996. The van der Waals surface area contributed by atoms with Crippen molar-refractivity contribution in [2.45, 2.75) is 26.7 Å². The second-order valence-corrected chi connectivity index (χ2v) is 4.27. The van der Waals surface area contributed by atoms with E-state index in [0.29, 0.717) is 5.92 Å². The predicted molar refractivity (Wildman–Crippen MR) is 62.7 cm³/mol. The van der Waals surface area contributed by atoms with E-state index in [1.165, 1.54) is 5.39 Å². The standard InChI is InChI=1S/C14H15F/c1-9(2)14-10(3)13(15)8-11-6-4-5-7-12(11)14/h4-9H,1-3H3. The van der Waals surface area contributed by atoms with Gasteiger partial charge in [0.15, 0.2) is 0 Å². The highest BCUT2D eigenvalue weighted by atomic mass is 19.1. The van der Waals surface area contributed by atoms with E-state index in [-0.39, 0.29) is 5.82 Å². The van der Waals surface area contributed by atoms with Crippen LogP contribution in [-0.2, 0) is 0 Å². The van der Waals surface area contributed by atoms with Crippen LogP contribution in [0.25, 0.3) is 10.8 Å². The van der Waals surface area contributed by atoms with Crippen LogP contribution in [0.4, 0.5) is 4.39 Å². The van der Waals surface area contributed by atoms with Crippen LogP contribution < -0.4 is 0 Å². The SMILES string of the molecule is Cc1c(F)cc2ccccc2c1C(C)C. The lowest BCUT2D eigenvalue weighted by atomic mass is 9.91. The molecule has 0 aliphatic carbocycles. The minimum atomic E-state index is -0.0996. The van der Waals surface area contributed by atoms with Gasteiger partial charge in [0.25, 0.3) is 0 Å². The highest BCUT2D eigenvalue weighted by Gasteiger charge is 2.12. The van der Waals surface area contributed by atoms with Gasteiger partial charge < -0.3 is 0 Å². The molecule has 0 amide bonds. The van der Waals surface area contributed by atoms with E-state index < -0.39 is 0 Å². The van der Waals surface area contributed by atoms with Crippen LogP contribution in [0.3, 0.4) is 0 Å². The predicted octanol–water partition coefficient (Wildman–Crippen LogP) is 4.41. The fourth-order valence-corrected chi connectivity index (χ4v) is 2.19. The normalized spacial score (nSPS) is 11.3. The molecule has 0 fully saturated rings. The van der Waals surface area contributed by atoms with Crippen molar-refractivity contribution in [1.82, 2.24) is 0 Å². The Morgan fingerprint density at radius 1 is 1.13 bits per heavy atom. The first-order valence-electron chi connectivity index (χ1n) is 5.29. The van der Waals surface area contributed by atoms with Crippen molar-refractivity contribution in [1.29, 1.82) is 0 Å². The first kappa shape index (κ1) is 10.2. The lowest BCUT2D eigenvalue weighted by Gasteiger charge is -2.14. The highest BCUT2D eigenvalue weighted by molar-refractivity contribution is 5.87. The Bertz CT molecular complexity index is 498. The van der Waals surface area contributed by atoms with Crippen LogP contribution in [-0.4, -0.2) is 0 Å². The zero-order valence-electron chi connectivity index (χ0n) is 9.34. The molecule has 0 atom stereocenters. The van der Waals surface area contributed by atoms with Gasteiger partial charge in [-0.2, -0.15) is 0 Å². The van der Waals surface area contributed by atoms with Gasteiger partial charge in [-0.15, -0.1) is 0 Å². The topological polar surface area (TPSA) is 0 Å². The molecule has 0 N–H and O–H groups in total. The van der Waals surface area contributed by atoms with Gasteiger partial charge in [0.05, 0.1) is 0 Å². The molecular formula is C14H15F. The molecule has 78 valence electrons. The van der Waals surface area contributed by atoms with E-state index in [2.05, 4.69) is 19.9 Å². The van der Waals surface area contributed by atoms with Crippen molar-refractivity contribution in [3.63, 3.8) is 0 Å². The van der Waals surface area contributed by atoms with E-state index in [9.17, 15) is 4.39 Å². The number of halogens is 1. The van der Waals surface area contributed by atoms with Crippen molar-refractivity contribution >= 4 is 10.8 Å². The lowest BCUT2D eigenvalue weighted by Crippen LogP contribution is -1.97. The minimum Gasteiger partial charge on any atom is -0.207 e. The second-order valence-electron chi connectivity index (χ2n) is 4.27. The molecule has 2 aromatic carbocycles. The third kappa shape index (κ3) is 1.63. The largest absolute Gasteiger partial charge is 0.207 e. The van der Waals surface area contributed by atoms with Gasteiger partial charge in [0.1, 0.15) is 5.82 Å². The molecule has 1 heteroatoms. The molecule has 0 heterocycles. The van der Waals surface area contributed by atoms with E-state index >= 15 is 0 Å². The first-order valence-corrected chi connectivity index (χ1v) is 5.29. The summed E-state index contributed by atoms with van der Waals surface area (Å²) in [5.74, 6) is 0.253. The number of rotatable bonds is 1. The number of fused-ring (bicyclic) bond motifs is 1. The van der Waals surface area contributed by atoms with Crippen molar-refractivity contribution in [2.75, 3.05) is 0 Å². The number of hydrogen-bond acceptors (Lipinski definition) is 0. The summed E-state index contributed by atoms with van der Waals surface area (Å²) >= 11 is 0. The van der Waals surface area contributed by atoms with Gasteiger partial charge in [-0.3, -0.25) is 0 Å². The van der Waals surface area contributed by atoms with Gasteiger partial charge in [-0.1, -0.05) is 38.1 Å². The van der Waals surface area contributed by atoms with Crippen molar-refractivity contribution in [2.24, 2.45) is 0 Å². The summed E-state index contributed by atoms with van der Waals surface area (Å²) in [5.41, 5.74) is 1.91. The van der Waals surface area contributed by atoms with Crippen molar-refractivity contribution in [3.8, 4) is 0 Å². The van der Waals surface area contributed by atoms with Crippen LogP contribution in [0.15, 0.2) is 30.3 Å². The van der Waals surface area contributed by atoms with Gasteiger partial charge in [0, 0.05) is 0 Å². The summed E-state index contributed by atoms with van der Waals surface area (Å²) in [6, 6.07) is 9.60. The van der Waals surface area contributed by atoms with Crippen molar-refractivity contribution in [3.05, 3.63) is 47.3 Å². The quantitative estimate of drug-likeness (QED) is 0.642. The second kappa shape index (κ2) is 3.65. The third-order valence-corrected chi connectivity index (χ3v) is 2.87. The Labute approximate surface area is 89.7 Å². The van der Waals surface area contributed by atoms with Gasteiger partial charge in [0.2, 0.25) is 0 Å². The number of benzene rings is 2. The summed E-state index contributed by atoms with van der Waals surface area (Å²) in [5, 5.41) is 2.16. The average Bonchev–Trinajstić information content (AvgIpc) is 2.19. The molecule has 2 aromatic rings. The summed E-state index contributed by atoms with van der Waals surface area (Å²) in [7, 11) is 0. The van der Waals surface area contributed by atoms with Crippen LogP contribution in [0.2, 0.25) is 0 Å². The lowest BCUT2D eigenvalue weighted by molar-refractivity contribution is 0.615. The smallest absolute Gasteiger partial charge is 0.127 e. The molecule has 15 heavy (non-hydrogen) atoms. The fraction of sp³-hybridized carbons (Fsp3) is 0.286. The van der Waals surface area contributed by atoms with Crippen LogP contribution in [0.1, 0.15) is 30.9 Å². The maximum absolute atomic E-state index is 13.7. The van der Waals surface area contributed by atoms with E-state index in [0.717, 1.165) is 16.5 Å². The van der Waals surface area contributed by atoms with Gasteiger partial charge in [-0.05, 0) is 40.8 Å². The number of hydrogen-bond donors (Lipinski definition) is 0. The van der Waals surface area contributed by atoms with Gasteiger partial charge in [-0.25, -0.2) is 4.39 Å². The average molecular weight is 202 g/mol. The summed E-state index contributed by atoms with van der Waals surface area (Å²) in [6.45, 7) is 6.07.